The maximum atomic E-state index is 13.8. The van der Waals surface area contributed by atoms with E-state index in [4.69, 9.17) is 24.3 Å². The molecule has 70 heavy (non-hydrogen) atoms. The lowest BCUT2D eigenvalue weighted by Crippen LogP contribution is -2.56. The van der Waals surface area contributed by atoms with Crippen LogP contribution in [0.1, 0.15) is 81.8 Å². The number of ether oxygens (including phenoxy) is 3. The van der Waals surface area contributed by atoms with E-state index in [1.54, 1.807) is 72.8 Å². The Bertz CT molecular complexity index is 2560. The van der Waals surface area contributed by atoms with Gasteiger partial charge in [-0.15, -0.1) is 0 Å². The molecule has 0 saturated carbocycles. The quantitative estimate of drug-likeness (QED) is 0.0553. The molecule has 4 aromatic rings. The molecule has 0 bridgehead atoms. The van der Waals surface area contributed by atoms with Gasteiger partial charge in [0.2, 0.25) is 0 Å². The third-order valence-corrected chi connectivity index (χ3v) is 17.8. The molecular weight excluding hydrogens is 971 g/mol. The predicted octanol–water partition coefficient (Wildman–Crippen LogP) is 9.20. The molecule has 21 heteroatoms. The SMILES string of the molecule is O=C(NO)C1(S(=O)(=O)c2ccc(-c3ccc(CCCC(F)(F)F)cc3)cc2)CCOCC1.O=C(NOC1CCCCO1)C1(S(=O)(=O)c2ccc(-c3ccc(CCCC(F)(F)F)cc3)cc2)CCOCC1. The topological polar surface area (TPSA) is 184 Å². The number of halogens is 6. The standard InChI is InChI=1S/C27H32F3NO6S.C22H24F3NO5S/c28-27(29,30)14-3-4-20-6-8-21(9-7-20)22-10-12-23(13-11-22)38(33,34)26(15-18-35-19-16-26)25(32)31-37-24-5-1-2-17-36-24;23-22(24,25)11-1-2-16-3-5-17(6-4-16)18-7-9-19(10-8-18)32(29,30)21(20(27)26-28)12-14-31-15-13-21/h6-13,24H,1-5,14-19H2,(H,31,32);3-10,28H,1-2,11-15H2,(H,26,27). The normalized spacial score (nSPS) is 18.5. The number of amides is 2. The number of carbonyl (C=O) groups excluding carboxylic acids is 2. The largest absolute Gasteiger partial charge is 0.389 e. The molecule has 382 valence electrons. The summed E-state index contributed by atoms with van der Waals surface area (Å²) in [6.07, 6.45) is -7.65. The van der Waals surface area contributed by atoms with Crippen molar-refractivity contribution in [3.63, 3.8) is 0 Å². The first-order valence-electron chi connectivity index (χ1n) is 22.9. The van der Waals surface area contributed by atoms with Gasteiger partial charge in [0.05, 0.1) is 9.79 Å². The minimum atomic E-state index is -4.16. The molecule has 4 aromatic carbocycles. The fourth-order valence-electron chi connectivity index (χ4n) is 8.57. The van der Waals surface area contributed by atoms with E-state index in [0.717, 1.165) is 46.2 Å². The van der Waals surface area contributed by atoms with Gasteiger partial charge in [-0.3, -0.25) is 14.8 Å². The maximum Gasteiger partial charge on any atom is 0.389 e. The highest BCUT2D eigenvalue weighted by Crippen LogP contribution is 2.38. The van der Waals surface area contributed by atoms with E-state index >= 15 is 0 Å². The third-order valence-electron chi connectivity index (χ3n) is 12.7. The molecule has 0 aliphatic carbocycles. The lowest BCUT2D eigenvalue weighted by atomic mass is 9.98. The van der Waals surface area contributed by atoms with Crippen LogP contribution in [-0.2, 0) is 61.2 Å². The Morgan fingerprint density at radius 2 is 0.943 bits per heavy atom. The van der Waals surface area contributed by atoms with Crippen molar-refractivity contribution in [2.75, 3.05) is 33.0 Å². The van der Waals surface area contributed by atoms with Crippen LogP contribution in [0.5, 0.6) is 0 Å². The van der Waals surface area contributed by atoms with Crippen molar-refractivity contribution >= 4 is 31.5 Å². The maximum absolute atomic E-state index is 13.8. The van der Waals surface area contributed by atoms with Crippen LogP contribution < -0.4 is 11.0 Å². The van der Waals surface area contributed by atoms with Crippen LogP contribution >= 0.6 is 0 Å². The van der Waals surface area contributed by atoms with Gasteiger partial charge >= 0.3 is 12.4 Å². The van der Waals surface area contributed by atoms with Gasteiger partial charge in [0.15, 0.2) is 35.5 Å². The van der Waals surface area contributed by atoms with Gasteiger partial charge in [0.25, 0.3) is 11.8 Å². The van der Waals surface area contributed by atoms with E-state index in [2.05, 4.69) is 5.48 Å². The zero-order valence-electron chi connectivity index (χ0n) is 38.2. The summed E-state index contributed by atoms with van der Waals surface area (Å²) in [5, 5.41) is 9.11. The van der Waals surface area contributed by atoms with E-state index < -0.39 is 72.5 Å². The molecule has 3 N–H and O–H groups in total. The number of sulfone groups is 2. The Morgan fingerprint density at radius 3 is 1.29 bits per heavy atom. The first-order chi connectivity index (χ1) is 33.2. The molecule has 2 amide bonds. The molecule has 3 fully saturated rings. The lowest BCUT2D eigenvalue weighted by molar-refractivity contribution is -0.202. The summed E-state index contributed by atoms with van der Waals surface area (Å²) in [6.45, 7) is 0.936. The van der Waals surface area contributed by atoms with Crippen LogP contribution in [0, 0.1) is 0 Å². The molecule has 0 spiro atoms. The minimum absolute atomic E-state index is 0.00635. The van der Waals surface area contributed by atoms with Gasteiger partial charge in [-0.25, -0.2) is 32.6 Å². The fraction of sp³-hybridized carbons (Fsp3) is 0.469. The van der Waals surface area contributed by atoms with Gasteiger partial charge in [0.1, 0.15) is 0 Å². The molecule has 3 saturated heterocycles. The van der Waals surface area contributed by atoms with E-state index in [1.165, 1.54) is 29.7 Å². The van der Waals surface area contributed by atoms with Crippen LogP contribution in [0.4, 0.5) is 26.3 Å². The Balaban J connectivity index is 0.000000233. The van der Waals surface area contributed by atoms with Crippen molar-refractivity contribution in [2.24, 2.45) is 0 Å². The Morgan fingerprint density at radius 1 is 0.571 bits per heavy atom. The number of hydrogen-bond donors (Lipinski definition) is 3. The average Bonchev–Trinajstić information content (AvgIpc) is 3.36. The highest BCUT2D eigenvalue weighted by Gasteiger charge is 2.53. The number of nitrogens with one attached hydrogen (secondary N) is 2. The molecule has 0 aromatic heterocycles. The van der Waals surface area contributed by atoms with Crippen molar-refractivity contribution in [3.05, 3.63) is 108 Å². The monoisotopic (exact) mass is 1030 g/mol. The first-order valence-corrected chi connectivity index (χ1v) is 25.9. The van der Waals surface area contributed by atoms with Crippen LogP contribution in [-0.4, -0.2) is 95.0 Å². The second-order valence-electron chi connectivity index (χ2n) is 17.4. The highest BCUT2D eigenvalue weighted by atomic mass is 32.2. The van der Waals surface area contributed by atoms with Gasteiger partial charge in [0, 0.05) is 52.3 Å². The number of hydroxylamine groups is 2. The van der Waals surface area contributed by atoms with E-state index in [0.29, 0.717) is 25.9 Å². The lowest BCUT2D eigenvalue weighted by Gasteiger charge is -2.35. The van der Waals surface area contributed by atoms with Gasteiger partial charge in [-0.2, -0.15) is 26.3 Å². The summed E-state index contributed by atoms with van der Waals surface area (Å²) in [4.78, 5) is 30.9. The number of alkyl halides is 6. The van der Waals surface area contributed by atoms with E-state index in [1.807, 2.05) is 0 Å². The summed E-state index contributed by atoms with van der Waals surface area (Å²) >= 11 is 0. The molecule has 3 aliphatic rings. The second-order valence-corrected chi connectivity index (χ2v) is 21.9. The number of benzene rings is 4. The van der Waals surface area contributed by atoms with Crippen LogP contribution in [0.25, 0.3) is 22.3 Å². The predicted molar refractivity (Wildman–Crippen MR) is 244 cm³/mol. The highest BCUT2D eigenvalue weighted by molar-refractivity contribution is 7.94. The third kappa shape index (κ3) is 13.5. The minimum Gasteiger partial charge on any atom is -0.381 e. The number of rotatable bonds is 16. The summed E-state index contributed by atoms with van der Waals surface area (Å²) < 4.78 is 141. The Hall–Kier alpha value is -4.90. The van der Waals surface area contributed by atoms with Gasteiger partial charge in [-0.1, -0.05) is 72.8 Å². The average molecular weight is 1030 g/mol. The molecule has 7 rings (SSSR count). The van der Waals surface area contributed by atoms with Crippen LogP contribution in [0.3, 0.4) is 0 Å². The molecule has 13 nitrogen and oxygen atoms in total. The summed E-state index contributed by atoms with van der Waals surface area (Å²) in [5.74, 6) is -1.72. The smallest absolute Gasteiger partial charge is 0.381 e. The van der Waals surface area contributed by atoms with E-state index in [-0.39, 0.29) is 74.7 Å². The molecule has 0 radical (unpaired) electrons. The van der Waals surface area contributed by atoms with Crippen molar-refractivity contribution in [2.45, 2.75) is 121 Å². The second kappa shape index (κ2) is 23.6. The number of hydrogen-bond acceptors (Lipinski definition) is 11. The number of carbonyl (C=O) groups is 2. The molecule has 1 unspecified atom stereocenters. The molecule has 1 atom stereocenters. The molecule has 3 aliphatic heterocycles. The van der Waals surface area contributed by atoms with Crippen molar-refractivity contribution in [3.8, 4) is 22.3 Å². The fourth-order valence-corrected chi connectivity index (χ4v) is 12.4. The van der Waals surface area contributed by atoms with Gasteiger partial charge < -0.3 is 14.2 Å². The van der Waals surface area contributed by atoms with Gasteiger partial charge in [-0.05, 0) is 122 Å². The van der Waals surface area contributed by atoms with Crippen molar-refractivity contribution < 1.29 is 77.0 Å². The first kappa shape index (κ1) is 54.4. The molecular formula is C49H56F6N2O11S2. The number of aryl methyl sites for hydroxylation is 2. The summed E-state index contributed by atoms with van der Waals surface area (Å²) in [7, 11) is -8.22. The van der Waals surface area contributed by atoms with Crippen molar-refractivity contribution in [1.82, 2.24) is 11.0 Å². The Labute approximate surface area is 403 Å². The summed E-state index contributed by atoms with van der Waals surface area (Å²) in [5.41, 5.74) is 8.45. The zero-order valence-corrected chi connectivity index (χ0v) is 39.8. The molecule has 3 heterocycles. The Kier molecular flexibility index (Phi) is 18.3. The van der Waals surface area contributed by atoms with E-state index in [9.17, 15) is 52.8 Å². The van der Waals surface area contributed by atoms with Crippen LogP contribution in [0.15, 0.2) is 107 Å². The summed E-state index contributed by atoms with van der Waals surface area (Å²) in [6, 6.07) is 26.4. The zero-order chi connectivity index (χ0) is 50.6. The van der Waals surface area contributed by atoms with Crippen LogP contribution in [0.2, 0.25) is 0 Å². The van der Waals surface area contributed by atoms with Crippen molar-refractivity contribution in [1.29, 1.82) is 0 Å².